The van der Waals surface area contributed by atoms with Crippen LogP contribution in [0, 0.1) is 5.89 Å². The molecule has 6 rings (SSSR count). The maximum absolute atomic E-state index is 12.9. The summed E-state index contributed by atoms with van der Waals surface area (Å²) in [6, 6.07) is 2.19. The second-order valence-electron chi connectivity index (χ2n) is 7.71. The van der Waals surface area contributed by atoms with Gasteiger partial charge in [-0.1, -0.05) is 6.07 Å². The number of hydrogen-bond donors (Lipinski definition) is 2. The van der Waals surface area contributed by atoms with Crippen molar-refractivity contribution in [3.05, 3.63) is 23.3 Å². The standard InChI is InChI=1S/C20H23NO4/c22-13-4-3-12-9-15-20(24)6-5-14(23)18-19(20,16(12)17(13)25-18)7-8-21(15)10-11-1-2-11/h3-4,11,15,18,22,24H,1-2,5-10H2/t15-,18+,19+,20-/m1/s1/i1D2,2D2,10D2,11D. The summed E-state index contributed by atoms with van der Waals surface area (Å²) in [5.41, 5.74) is -1.50. The van der Waals surface area contributed by atoms with E-state index in [1.165, 1.54) is 11.0 Å². The average molecular weight is 348 g/mol. The number of Topliss-reactive ketones (excluding diaryl/α,β-unsaturated/α-hetero) is 1. The van der Waals surface area contributed by atoms with Crippen LogP contribution in [0.4, 0.5) is 0 Å². The van der Waals surface area contributed by atoms with Crippen LogP contribution in [0.15, 0.2) is 12.1 Å². The average Bonchev–Trinajstić information content (AvgIpc) is 2.96. The second kappa shape index (κ2) is 4.38. The van der Waals surface area contributed by atoms with E-state index in [4.69, 9.17) is 14.3 Å². The third kappa shape index (κ3) is 1.56. The minimum absolute atomic E-state index is 0.00795. The molecule has 0 unspecified atom stereocenters. The van der Waals surface area contributed by atoms with Crippen LogP contribution < -0.4 is 4.74 Å². The maximum Gasteiger partial charge on any atom is 0.174 e. The number of carbonyl (C=O) groups is 1. The number of benzene rings is 1. The van der Waals surface area contributed by atoms with Crippen LogP contribution in [0.5, 0.6) is 11.5 Å². The Labute approximate surface area is 156 Å². The summed E-state index contributed by atoms with van der Waals surface area (Å²) in [6.07, 6.45) is -6.12. The Kier molecular flexibility index (Phi) is 1.64. The van der Waals surface area contributed by atoms with E-state index in [-0.39, 0.29) is 49.5 Å². The summed E-state index contributed by atoms with van der Waals surface area (Å²) in [6.45, 7) is -2.75. The van der Waals surface area contributed by atoms with E-state index in [9.17, 15) is 15.0 Å². The van der Waals surface area contributed by atoms with Crippen LogP contribution in [-0.4, -0.2) is 51.7 Å². The fraction of sp³-hybridized carbons (Fsp3) is 0.650. The highest BCUT2D eigenvalue weighted by Gasteiger charge is 2.73. The molecular weight excluding hydrogens is 318 g/mol. The Morgan fingerprint density at radius 3 is 3.08 bits per heavy atom. The lowest BCUT2D eigenvalue weighted by molar-refractivity contribution is -0.188. The van der Waals surface area contributed by atoms with Crippen molar-refractivity contribution in [3.63, 3.8) is 0 Å². The minimum atomic E-state index is -2.73. The van der Waals surface area contributed by atoms with Crippen LogP contribution in [-0.2, 0) is 16.6 Å². The Morgan fingerprint density at radius 1 is 1.44 bits per heavy atom. The molecule has 25 heavy (non-hydrogen) atoms. The first-order chi connectivity index (χ1) is 14.7. The van der Waals surface area contributed by atoms with Crippen LogP contribution in [0.1, 0.15) is 52.7 Å². The molecule has 2 aliphatic heterocycles. The molecule has 5 nitrogen and oxygen atoms in total. The van der Waals surface area contributed by atoms with Gasteiger partial charge in [0.25, 0.3) is 0 Å². The number of hydrogen-bond acceptors (Lipinski definition) is 5. The molecule has 1 saturated heterocycles. The molecule has 1 aromatic rings. The molecule has 1 spiro atoms. The quantitative estimate of drug-likeness (QED) is 0.848. The number of ether oxygens (including phenoxy) is 1. The van der Waals surface area contributed by atoms with Gasteiger partial charge >= 0.3 is 0 Å². The molecule has 5 heteroatoms. The largest absolute Gasteiger partial charge is 0.504 e. The van der Waals surface area contributed by atoms with E-state index in [1.54, 1.807) is 6.07 Å². The Morgan fingerprint density at radius 2 is 2.28 bits per heavy atom. The molecule has 0 amide bonds. The summed E-state index contributed by atoms with van der Waals surface area (Å²) >= 11 is 0. The van der Waals surface area contributed by atoms with Gasteiger partial charge in [-0.25, -0.2) is 0 Å². The summed E-state index contributed by atoms with van der Waals surface area (Å²) in [7, 11) is 0. The molecule has 2 heterocycles. The lowest BCUT2D eigenvalue weighted by Gasteiger charge is -2.62. The highest BCUT2D eigenvalue weighted by Crippen LogP contribution is 2.64. The van der Waals surface area contributed by atoms with Gasteiger partial charge in [-0.15, -0.1) is 0 Å². The molecule has 2 N–H and O–H groups in total. The smallest absolute Gasteiger partial charge is 0.174 e. The zero-order valence-electron chi connectivity index (χ0n) is 20.5. The summed E-state index contributed by atoms with van der Waals surface area (Å²) in [5, 5.41) is 22.5. The van der Waals surface area contributed by atoms with Crippen molar-refractivity contribution in [2.24, 2.45) is 5.89 Å². The van der Waals surface area contributed by atoms with Crippen molar-refractivity contribution in [1.82, 2.24) is 4.90 Å². The number of aliphatic hydroxyl groups is 1. The van der Waals surface area contributed by atoms with E-state index in [2.05, 4.69) is 0 Å². The molecule has 0 radical (unpaired) electrons. The van der Waals surface area contributed by atoms with Crippen LogP contribution in [0.3, 0.4) is 0 Å². The van der Waals surface area contributed by atoms with Crippen LogP contribution in [0.2, 0.25) is 0 Å². The van der Waals surface area contributed by atoms with Gasteiger partial charge in [0.05, 0.1) is 11.0 Å². The van der Waals surface area contributed by atoms with Crippen molar-refractivity contribution >= 4 is 5.78 Å². The first-order valence-corrected chi connectivity index (χ1v) is 8.74. The van der Waals surface area contributed by atoms with Gasteiger partial charge < -0.3 is 14.9 Å². The highest BCUT2D eigenvalue weighted by molar-refractivity contribution is 5.90. The third-order valence-corrected chi connectivity index (χ3v) is 6.76. The Balaban J connectivity index is 1.54. The monoisotopic (exact) mass is 348 g/mol. The molecule has 3 fully saturated rings. The molecule has 4 atom stereocenters. The zero-order chi connectivity index (χ0) is 23.3. The van der Waals surface area contributed by atoms with Gasteiger partial charge in [0, 0.05) is 34.1 Å². The van der Waals surface area contributed by atoms with E-state index >= 15 is 0 Å². The number of carbonyl (C=O) groups excluding carboxylic acids is 1. The summed E-state index contributed by atoms with van der Waals surface area (Å²) < 4.78 is 63.9. The predicted molar refractivity (Wildman–Crippen MR) is 89.8 cm³/mol. The number of aromatic hydroxyl groups is 1. The van der Waals surface area contributed by atoms with Gasteiger partial charge in [0.2, 0.25) is 0 Å². The number of piperidine rings is 1. The van der Waals surface area contributed by atoms with Gasteiger partial charge in [-0.2, -0.15) is 0 Å². The van der Waals surface area contributed by atoms with Gasteiger partial charge in [0.1, 0.15) is 0 Å². The van der Waals surface area contributed by atoms with Crippen LogP contribution >= 0.6 is 0 Å². The topological polar surface area (TPSA) is 70.0 Å². The maximum atomic E-state index is 12.9. The molecule has 2 bridgehead atoms. The predicted octanol–water partition coefficient (Wildman–Crippen LogP) is 1.53. The van der Waals surface area contributed by atoms with E-state index in [1.807, 2.05) is 0 Å². The number of phenols is 1. The SMILES string of the molecule is [2H]C([2H])(N1CC[C@]23c4c5ccc(O)c4O[C@H]2C(=O)CC[C@@]3(O)[C@H]1C5)C1([2H])C([2H])([2H])C1([2H])[2H]. The lowest BCUT2D eigenvalue weighted by atomic mass is 9.49. The number of ketones is 1. The van der Waals surface area contributed by atoms with Crippen LogP contribution in [0.25, 0.3) is 0 Å². The molecular formula is C20H23NO4. The van der Waals surface area contributed by atoms with E-state index in [0.717, 1.165) is 0 Å². The number of phenolic OH excluding ortho intramolecular Hbond substituents is 1. The van der Waals surface area contributed by atoms with Crippen molar-refractivity contribution in [2.45, 2.75) is 61.6 Å². The Hall–Kier alpha value is -1.59. The van der Waals surface area contributed by atoms with Crippen molar-refractivity contribution in [1.29, 1.82) is 0 Å². The van der Waals surface area contributed by atoms with Crippen molar-refractivity contribution in [2.75, 3.05) is 13.0 Å². The summed E-state index contributed by atoms with van der Waals surface area (Å²) in [4.78, 5) is 14.1. The van der Waals surface area contributed by atoms with Gasteiger partial charge in [-0.05, 0) is 56.1 Å². The fourth-order valence-electron chi connectivity index (χ4n) is 5.69. The minimum Gasteiger partial charge on any atom is -0.504 e. The fourth-order valence-corrected chi connectivity index (χ4v) is 5.69. The van der Waals surface area contributed by atoms with Gasteiger partial charge in [0.15, 0.2) is 23.4 Å². The van der Waals surface area contributed by atoms with E-state index < -0.39 is 48.3 Å². The van der Waals surface area contributed by atoms with E-state index in [0.29, 0.717) is 11.1 Å². The molecule has 5 aliphatic rings. The second-order valence-corrected chi connectivity index (χ2v) is 7.71. The molecule has 1 aromatic carbocycles. The first-order valence-electron chi connectivity index (χ1n) is 12.2. The van der Waals surface area contributed by atoms with Crippen molar-refractivity contribution < 1.29 is 29.3 Å². The highest BCUT2D eigenvalue weighted by atomic mass is 16.5. The molecule has 0 aromatic heterocycles. The normalized spacial score (nSPS) is 51.4. The molecule has 2 saturated carbocycles. The third-order valence-electron chi connectivity index (χ3n) is 6.76. The number of rotatable bonds is 2. The first kappa shape index (κ1) is 9.38. The lowest BCUT2D eigenvalue weighted by Crippen LogP contribution is -2.76. The number of likely N-dealkylation sites (tertiary alicyclic amines) is 1. The zero-order valence-corrected chi connectivity index (χ0v) is 13.5. The van der Waals surface area contributed by atoms with Gasteiger partial charge in [-0.3, -0.25) is 9.69 Å². The molecule has 3 aliphatic carbocycles. The number of nitrogens with zero attached hydrogens (tertiary/aromatic N) is 1. The summed E-state index contributed by atoms with van der Waals surface area (Å²) in [5.74, 6) is -2.81. The van der Waals surface area contributed by atoms with Crippen molar-refractivity contribution in [3.8, 4) is 11.5 Å². The molecule has 132 valence electrons. The Bertz CT molecular complexity index is 1080.